The normalized spacial score (nSPS) is 20.0. The topological polar surface area (TPSA) is 153 Å². The molecule has 46 heavy (non-hydrogen) atoms. The molecule has 0 saturated carbocycles. The Morgan fingerprint density at radius 2 is 1.93 bits per heavy atom. The zero-order chi connectivity index (χ0) is 32.8. The molecule has 1 aromatic heterocycles. The molecule has 0 spiro atoms. The molecule has 246 valence electrons. The number of nitrogens with zero attached hydrogens (tertiary/aromatic N) is 5. The fraction of sp³-hybridized carbons (Fsp3) is 0.471. The van der Waals surface area contributed by atoms with E-state index in [0.717, 1.165) is 29.1 Å². The Balaban J connectivity index is 1.43. The van der Waals surface area contributed by atoms with Crippen molar-refractivity contribution in [1.29, 1.82) is 0 Å². The van der Waals surface area contributed by atoms with Gasteiger partial charge < -0.3 is 30.3 Å². The first-order chi connectivity index (χ1) is 22.2. The van der Waals surface area contributed by atoms with Gasteiger partial charge in [0.05, 0.1) is 29.7 Å². The van der Waals surface area contributed by atoms with Crippen LogP contribution >= 0.6 is 0 Å². The predicted octanol–water partition coefficient (Wildman–Crippen LogP) is 2.61. The number of unbranched alkanes of at least 4 members (excludes halogenated alkanes) is 1. The molecule has 4 N–H and O–H groups in total. The number of aryl methyl sites for hydroxylation is 1. The van der Waals surface area contributed by atoms with Crippen molar-refractivity contribution in [3.05, 3.63) is 71.6 Å². The lowest BCUT2D eigenvalue weighted by atomic mass is 9.82. The minimum Gasteiger partial charge on any atom is -0.494 e. The molecular weight excluding hydrogens is 588 g/mol. The summed E-state index contributed by atoms with van der Waals surface area (Å²) < 4.78 is 7.45. The molecule has 2 aliphatic rings. The number of aromatic nitrogens is 3. The fourth-order valence-corrected chi connectivity index (χ4v) is 6.23. The van der Waals surface area contributed by atoms with E-state index in [-0.39, 0.29) is 19.1 Å². The molecule has 3 atom stereocenters. The number of hydrogen-bond acceptors (Lipinski definition) is 9. The van der Waals surface area contributed by atoms with Gasteiger partial charge in [-0.15, -0.1) is 5.10 Å². The summed E-state index contributed by atoms with van der Waals surface area (Å²) in [5, 5.41) is 41.8. The van der Waals surface area contributed by atoms with Crippen LogP contribution in [-0.2, 0) is 34.6 Å². The van der Waals surface area contributed by atoms with E-state index in [1.807, 2.05) is 50.3 Å². The second-order valence-corrected chi connectivity index (χ2v) is 11.8. The maximum Gasteiger partial charge on any atom is 0.264 e. The number of nitrogens with one attached hydrogen (secondary N) is 1. The molecule has 1 unspecified atom stereocenters. The Bertz CT molecular complexity index is 1570. The van der Waals surface area contributed by atoms with E-state index >= 15 is 0 Å². The number of aliphatic hydroxyl groups excluding tert-OH is 2. The summed E-state index contributed by atoms with van der Waals surface area (Å²) in [7, 11) is 1.65. The average molecular weight is 633 g/mol. The zero-order valence-corrected chi connectivity index (χ0v) is 26.7. The molecule has 0 aliphatic carbocycles. The molecule has 2 amide bonds. The molecule has 2 aliphatic heterocycles. The standard InChI is InChI=1S/C34H44N6O6/c1-4-46-27-11-13-30-24(19-27)20-29(35-15-6-8-17-41)32(43)40(30)26-10-12-31-28(21-26)34(45,33(44)38(31)3)23(2)9-5-7-16-39-22-25(14-18-42)36-37-39/h5,9-13,19,21-23,29,35,41-42,45H,4,6-8,14-18,20H2,1-3H3/b9-5+/t23-,29?,34+/m1/s1. The molecule has 0 fully saturated rings. The first-order valence-corrected chi connectivity index (χ1v) is 16.0. The van der Waals surface area contributed by atoms with E-state index < -0.39 is 23.5 Å². The first-order valence-electron chi connectivity index (χ1n) is 16.0. The number of allylic oxidation sites excluding steroid dienone is 1. The maximum absolute atomic E-state index is 14.0. The number of carbonyl (C=O) groups excluding carboxylic acids is 2. The van der Waals surface area contributed by atoms with Gasteiger partial charge in [-0.3, -0.25) is 19.2 Å². The van der Waals surface area contributed by atoms with Gasteiger partial charge in [-0.1, -0.05) is 24.3 Å². The van der Waals surface area contributed by atoms with Gasteiger partial charge in [-0.2, -0.15) is 0 Å². The number of anilines is 3. The van der Waals surface area contributed by atoms with Crippen molar-refractivity contribution >= 4 is 28.9 Å². The average Bonchev–Trinajstić information content (AvgIpc) is 3.58. The second-order valence-electron chi connectivity index (χ2n) is 11.8. The third kappa shape index (κ3) is 6.57. The summed E-state index contributed by atoms with van der Waals surface area (Å²) in [4.78, 5) is 30.7. The van der Waals surface area contributed by atoms with Crippen molar-refractivity contribution in [2.24, 2.45) is 5.92 Å². The minimum absolute atomic E-state index is 0.0104. The lowest BCUT2D eigenvalue weighted by molar-refractivity contribution is -0.139. The van der Waals surface area contributed by atoms with Gasteiger partial charge >= 0.3 is 0 Å². The van der Waals surface area contributed by atoms with Crippen molar-refractivity contribution in [3.63, 3.8) is 0 Å². The van der Waals surface area contributed by atoms with Crippen molar-refractivity contribution < 1.29 is 29.6 Å². The van der Waals surface area contributed by atoms with Crippen LogP contribution in [0.2, 0.25) is 0 Å². The van der Waals surface area contributed by atoms with Crippen LogP contribution in [0.5, 0.6) is 5.75 Å². The summed E-state index contributed by atoms with van der Waals surface area (Å²) in [5.41, 5.74) is 2.14. The Kier molecular flexibility index (Phi) is 10.5. The monoisotopic (exact) mass is 632 g/mol. The van der Waals surface area contributed by atoms with Gasteiger partial charge in [0.15, 0.2) is 5.60 Å². The Hall–Kier alpha value is -4.10. The van der Waals surface area contributed by atoms with Gasteiger partial charge in [0, 0.05) is 56.6 Å². The van der Waals surface area contributed by atoms with E-state index in [4.69, 9.17) is 9.84 Å². The summed E-state index contributed by atoms with van der Waals surface area (Å²) in [5.74, 6) is -0.416. The van der Waals surface area contributed by atoms with Crippen LogP contribution in [0.15, 0.2) is 54.7 Å². The number of fused-ring (bicyclic) bond motifs is 2. The molecule has 0 radical (unpaired) electrons. The smallest absolute Gasteiger partial charge is 0.264 e. The minimum atomic E-state index is -1.83. The van der Waals surface area contributed by atoms with E-state index in [1.54, 1.807) is 35.0 Å². The highest BCUT2D eigenvalue weighted by molar-refractivity contribution is 6.10. The highest BCUT2D eigenvalue weighted by Gasteiger charge is 2.52. The highest BCUT2D eigenvalue weighted by atomic mass is 16.5. The largest absolute Gasteiger partial charge is 0.494 e. The third-order valence-corrected chi connectivity index (χ3v) is 8.72. The molecule has 12 nitrogen and oxygen atoms in total. The first kappa shape index (κ1) is 33.3. The Labute approximate surface area is 269 Å². The van der Waals surface area contributed by atoms with Gasteiger partial charge in [0.2, 0.25) is 5.91 Å². The van der Waals surface area contributed by atoms with Gasteiger partial charge in [0.1, 0.15) is 5.75 Å². The van der Waals surface area contributed by atoms with E-state index in [2.05, 4.69) is 15.6 Å². The molecule has 5 rings (SSSR count). The Morgan fingerprint density at radius 3 is 2.70 bits per heavy atom. The number of ether oxygens (including phenoxy) is 1. The molecule has 12 heteroatoms. The number of aliphatic hydroxyl groups is 3. The predicted molar refractivity (Wildman–Crippen MR) is 174 cm³/mol. The van der Waals surface area contributed by atoms with Crippen LogP contribution in [0, 0.1) is 5.92 Å². The van der Waals surface area contributed by atoms with Crippen molar-refractivity contribution in [2.75, 3.05) is 43.2 Å². The quantitative estimate of drug-likeness (QED) is 0.146. The summed E-state index contributed by atoms with van der Waals surface area (Å²) in [6.45, 7) is 5.50. The number of amides is 2. The third-order valence-electron chi connectivity index (χ3n) is 8.72. The maximum atomic E-state index is 14.0. The summed E-state index contributed by atoms with van der Waals surface area (Å²) in [6.07, 6.45) is 8.46. The summed E-state index contributed by atoms with van der Waals surface area (Å²) >= 11 is 0. The molecule has 0 saturated heterocycles. The summed E-state index contributed by atoms with van der Waals surface area (Å²) in [6, 6.07) is 10.5. The van der Waals surface area contributed by atoms with Crippen LogP contribution in [-0.4, -0.2) is 81.6 Å². The van der Waals surface area contributed by atoms with Crippen LogP contribution < -0.4 is 19.9 Å². The van der Waals surface area contributed by atoms with Crippen molar-refractivity contribution in [2.45, 2.75) is 64.1 Å². The number of rotatable bonds is 15. The van der Waals surface area contributed by atoms with Gasteiger partial charge in [-0.25, -0.2) is 0 Å². The highest BCUT2D eigenvalue weighted by Crippen LogP contribution is 2.47. The van der Waals surface area contributed by atoms with Crippen LogP contribution in [0.25, 0.3) is 0 Å². The van der Waals surface area contributed by atoms with E-state index in [1.165, 1.54) is 4.90 Å². The molecule has 3 heterocycles. The lowest BCUT2D eigenvalue weighted by Gasteiger charge is -2.35. The molecule has 0 bridgehead atoms. The van der Waals surface area contributed by atoms with Crippen molar-refractivity contribution in [1.82, 2.24) is 20.3 Å². The zero-order valence-electron chi connectivity index (χ0n) is 26.7. The van der Waals surface area contributed by atoms with Crippen LogP contribution in [0.4, 0.5) is 17.1 Å². The molecular formula is C34H44N6O6. The lowest BCUT2D eigenvalue weighted by Crippen LogP contribution is -2.49. The number of benzene rings is 2. The second kappa shape index (κ2) is 14.5. The number of carbonyl (C=O) groups is 2. The number of likely N-dealkylation sites (N-methyl/N-ethyl adjacent to an activating group) is 1. The van der Waals surface area contributed by atoms with Crippen LogP contribution in [0.3, 0.4) is 0 Å². The van der Waals surface area contributed by atoms with E-state index in [0.29, 0.717) is 62.3 Å². The Morgan fingerprint density at radius 1 is 1.13 bits per heavy atom. The van der Waals surface area contributed by atoms with Gasteiger partial charge in [0.25, 0.3) is 5.91 Å². The molecule has 3 aromatic rings. The van der Waals surface area contributed by atoms with Crippen molar-refractivity contribution in [3.8, 4) is 5.75 Å². The number of hydrogen-bond donors (Lipinski definition) is 4. The van der Waals surface area contributed by atoms with E-state index in [9.17, 15) is 19.8 Å². The fourth-order valence-electron chi connectivity index (χ4n) is 6.23. The van der Waals surface area contributed by atoms with Crippen LogP contribution in [0.1, 0.15) is 49.9 Å². The van der Waals surface area contributed by atoms with Gasteiger partial charge in [-0.05, 0) is 81.1 Å². The SMILES string of the molecule is CCOc1ccc2c(c1)CC(NCCCCO)C(=O)N2c1ccc2c(c1)[C@@](O)([C@H](C)/C=C/CCn1cc(CCO)nn1)C(=O)N2C. The molecule has 2 aromatic carbocycles.